The van der Waals surface area contributed by atoms with Crippen molar-refractivity contribution >= 4 is 28.3 Å². The Hall–Kier alpha value is -2.34. The van der Waals surface area contributed by atoms with E-state index >= 15 is 0 Å². The third kappa shape index (κ3) is 4.89. The van der Waals surface area contributed by atoms with Crippen LogP contribution < -0.4 is 0 Å². The molecule has 3 rings (SSSR count). The quantitative estimate of drug-likeness (QED) is 0.508. The molecule has 1 aliphatic rings. The molecule has 1 saturated heterocycles. The zero-order valence-electron chi connectivity index (χ0n) is 16.0. The highest BCUT2D eigenvalue weighted by molar-refractivity contribution is 8.14. The van der Waals surface area contributed by atoms with Crippen molar-refractivity contribution in [2.24, 2.45) is 10.9 Å². The Labute approximate surface area is 164 Å². The number of benzene rings is 2. The second-order valence-corrected chi connectivity index (χ2v) is 8.31. The van der Waals surface area contributed by atoms with Crippen molar-refractivity contribution in [3.63, 3.8) is 0 Å². The molecule has 1 fully saturated rings. The summed E-state index contributed by atoms with van der Waals surface area (Å²) in [4.78, 5) is 17.9. The molecule has 0 saturated carbocycles. The molecule has 1 heterocycles. The van der Waals surface area contributed by atoms with E-state index < -0.39 is 0 Å². The van der Waals surface area contributed by atoms with E-state index in [0.717, 1.165) is 35.1 Å². The van der Waals surface area contributed by atoms with Crippen LogP contribution in [0.5, 0.6) is 0 Å². The smallest absolute Gasteiger partial charge is 0.269 e. The average molecular weight is 384 g/mol. The van der Waals surface area contributed by atoms with Gasteiger partial charge in [-0.2, -0.15) is 0 Å². The Bertz CT molecular complexity index is 837. The van der Waals surface area contributed by atoms with Crippen LogP contribution in [0.15, 0.2) is 53.5 Å². The van der Waals surface area contributed by atoms with Gasteiger partial charge in [-0.3, -0.25) is 10.1 Å². The molecule has 0 spiro atoms. The second-order valence-electron chi connectivity index (χ2n) is 7.32. The van der Waals surface area contributed by atoms with E-state index in [9.17, 15) is 10.1 Å². The summed E-state index contributed by atoms with van der Waals surface area (Å²) in [5, 5.41) is 12.0. The number of rotatable bonds is 6. The third-order valence-corrected chi connectivity index (χ3v) is 5.71. The molecule has 0 amide bonds. The Balaban J connectivity index is 1.85. The van der Waals surface area contributed by atoms with Gasteiger partial charge >= 0.3 is 0 Å². The topological polar surface area (TPSA) is 58.7 Å². The Morgan fingerprint density at radius 2 is 2.00 bits per heavy atom. The van der Waals surface area contributed by atoms with Crippen LogP contribution in [0.25, 0.3) is 0 Å². The van der Waals surface area contributed by atoms with Gasteiger partial charge in [0.2, 0.25) is 0 Å². The van der Waals surface area contributed by atoms with Crippen LogP contribution in [0.1, 0.15) is 25.0 Å². The molecule has 0 bridgehead atoms. The fourth-order valence-electron chi connectivity index (χ4n) is 3.25. The molecule has 0 aliphatic carbocycles. The summed E-state index contributed by atoms with van der Waals surface area (Å²) in [5.74, 6) is 1.54. The predicted octanol–water partition coefficient (Wildman–Crippen LogP) is 5.21. The fourth-order valence-corrected chi connectivity index (χ4v) is 4.45. The third-order valence-electron chi connectivity index (χ3n) is 4.57. The number of hydrogen-bond donors (Lipinski definition) is 0. The van der Waals surface area contributed by atoms with Gasteiger partial charge in [-0.05, 0) is 36.5 Å². The summed E-state index contributed by atoms with van der Waals surface area (Å²) in [7, 11) is 0. The van der Waals surface area contributed by atoms with E-state index in [0.29, 0.717) is 12.0 Å². The summed E-state index contributed by atoms with van der Waals surface area (Å²) < 4.78 is 0. The van der Waals surface area contributed by atoms with Gasteiger partial charge < -0.3 is 4.90 Å². The van der Waals surface area contributed by atoms with Crippen molar-refractivity contribution < 1.29 is 4.92 Å². The van der Waals surface area contributed by atoms with Gasteiger partial charge in [0.1, 0.15) is 0 Å². The Kier molecular flexibility index (Phi) is 6.16. The number of aryl methyl sites for hydroxylation is 1. The van der Waals surface area contributed by atoms with Crippen LogP contribution in [0, 0.1) is 23.0 Å². The number of non-ortho nitro benzene ring substituents is 1. The number of aliphatic imine (C=N–C) groups is 1. The lowest BCUT2D eigenvalue weighted by Gasteiger charge is -2.28. The van der Waals surface area contributed by atoms with Crippen molar-refractivity contribution in [3.8, 4) is 0 Å². The first kappa shape index (κ1) is 19.4. The average Bonchev–Trinajstić information content (AvgIpc) is 2.98. The van der Waals surface area contributed by atoms with Gasteiger partial charge in [0.15, 0.2) is 5.17 Å². The second kappa shape index (κ2) is 8.57. The fraction of sp³-hybridized carbons (Fsp3) is 0.381. The van der Waals surface area contributed by atoms with Crippen molar-refractivity contribution in [2.75, 3.05) is 12.3 Å². The first-order chi connectivity index (χ1) is 12.9. The van der Waals surface area contributed by atoms with E-state index in [-0.39, 0.29) is 10.6 Å². The molecule has 0 N–H and O–H groups in total. The number of amidine groups is 1. The molecule has 6 heteroatoms. The lowest BCUT2D eigenvalue weighted by atomic mass is 10.1. The number of thioether (sulfide) groups is 1. The highest BCUT2D eigenvalue weighted by Crippen LogP contribution is 2.32. The minimum Gasteiger partial charge on any atom is -0.347 e. The lowest BCUT2D eigenvalue weighted by molar-refractivity contribution is -0.384. The normalized spacial score (nSPS) is 18.4. The maximum Gasteiger partial charge on any atom is 0.269 e. The van der Waals surface area contributed by atoms with E-state index in [2.05, 4.69) is 43.0 Å². The van der Waals surface area contributed by atoms with Crippen LogP contribution in [-0.2, 0) is 6.42 Å². The molecule has 0 unspecified atom stereocenters. The highest BCUT2D eigenvalue weighted by atomic mass is 32.2. The largest absolute Gasteiger partial charge is 0.347 e. The molecule has 1 atom stereocenters. The first-order valence-electron chi connectivity index (χ1n) is 9.21. The summed E-state index contributed by atoms with van der Waals surface area (Å²) in [6, 6.07) is 15.8. The molecule has 1 aliphatic heterocycles. The van der Waals surface area contributed by atoms with E-state index in [1.54, 1.807) is 23.9 Å². The van der Waals surface area contributed by atoms with Crippen LogP contribution in [0.3, 0.4) is 0 Å². The van der Waals surface area contributed by atoms with Crippen LogP contribution >= 0.6 is 11.8 Å². The first-order valence-corrected chi connectivity index (χ1v) is 10.2. The van der Waals surface area contributed by atoms with Crippen molar-refractivity contribution in [1.82, 2.24) is 4.90 Å². The number of nitro groups is 1. The number of nitrogens with zero attached hydrogens (tertiary/aromatic N) is 3. The molecule has 0 aromatic heterocycles. The number of nitro benzene ring substituents is 1. The summed E-state index contributed by atoms with van der Waals surface area (Å²) in [6.07, 6.45) is 0.999. The van der Waals surface area contributed by atoms with Gasteiger partial charge in [0.05, 0.1) is 10.6 Å². The van der Waals surface area contributed by atoms with Gasteiger partial charge in [-0.1, -0.05) is 55.9 Å². The van der Waals surface area contributed by atoms with Crippen LogP contribution in [-0.4, -0.2) is 33.3 Å². The highest BCUT2D eigenvalue weighted by Gasteiger charge is 2.30. The number of hydrogen-bond acceptors (Lipinski definition) is 4. The SMILES string of the molecule is Cc1cc([N+](=O)[O-])ccc1N=C1SC[C@H](Cc2ccccc2)N1CC(C)C. The maximum absolute atomic E-state index is 11.0. The van der Waals surface area contributed by atoms with Gasteiger partial charge in [-0.15, -0.1) is 0 Å². The van der Waals surface area contributed by atoms with Crippen LogP contribution in [0.2, 0.25) is 0 Å². The lowest BCUT2D eigenvalue weighted by Crippen LogP contribution is -2.38. The van der Waals surface area contributed by atoms with E-state index in [1.807, 2.05) is 13.0 Å². The van der Waals surface area contributed by atoms with Gasteiger partial charge in [0, 0.05) is 30.5 Å². The molecule has 142 valence electrons. The zero-order valence-corrected chi connectivity index (χ0v) is 16.8. The van der Waals surface area contributed by atoms with Gasteiger partial charge in [0.25, 0.3) is 5.69 Å². The maximum atomic E-state index is 11.0. The standard InChI is InChI=1S/C21H25N3O2S/c1-15(2)13-23-19(12-17-7-5-4-6-8-17)14-27-21(23)22-20-10-9-18(24(25)26)11-16(20)3/h4-11,15,19H,12-14H2,1-3H3/t19-/m0/s1. The predicted molar refractivity (Wildman–Crippen MR) is 113 cm³/mol. The molecule has 27 heavy (non-hydrogen) atoms. The van der Waals surface area contributed by atoms with Crippen molar-refractivity contribution in [1.29, 1.82) is 0 Å². The zero-order chi connectivity index (χ0) is 19.4. The molecule has 2 aromatic carbocycles. The molecular formula is C21H25N3O2S. The Morgan fingerprint density at radius 1 is 1.26 bits per heavy atom. The van der Waals surface area contributed by atoms with Crippen molar-refractivity contribution in [2.45, 2.75) is 33.2 Å². The monoisotopic (exact) mass is 383 g/mol. The minimum absolute atomic E-state index is 0.108. The van der Waals surface area contributed by atoms with Crippen molar-refractivity contribution in [3.05, 3.63) is 69.8 Å². The van der Waals surface area contributed by atoms with E-state index in [1.165, 1.54) is 11.6 Å². The van der Waals surface area contributed by atoms with Gasteiger partial charge in [-0.25, -0.2) is 4.99 Å². The van der Waals surface area contributed by atoms with Crippen LogP contribution in [0.4, 0.5) is 11.4 Å². The molecule has 2 aromatic rings. The Morgan fingerprint density at radius 3 is 2.63 bits per heavy atom. The molecular weight excluding hydrogens is 358 g/mol. The summed E-state index contributed by atoms with van der Waals surface area (Å²) >= 11 is 1.78. The minimum atomic E-state index is -0.366. The van der Waals surface area contributed by atoms with E-state index in [4.69, 9.17) is 4.99 Å². The molecule has 5 nitrogen and oxygen atoms in total. The summed E-state index contributed by atoms with van der Waals surface area (Å²) in [6.45, 7) is 7.27. The molecule has 0 radical (unpaired) electrons. The summed E-state index contributed by atoms with van der Waals surface area (Å²) in [5.41, 5.74) is 3.08.